The van der Waals surface area contributed by atoms with Gasteiger partial charge < -0.3 is 4.74 Å². The molecule has 88 valence electrons. The lowest BCUT2D eigenvalue weighted by atomic mass is 9.99. The van der Waals surface area contributed by atoms with Crippen molar-refractivity contribution in [3.63, 3.8) is 0 Å². The van der Waals surface area contributed by atoms with Crippen LogP contribution in [0.3, 0.4) is 0 Å². The van der Waals surface area contributed by atoms with Crippen LogP contribution >= 0.6 is 0 Å². The molecule has 2 atom stereocenters. The molecule has 0 spiro atoms. The first-order valence-electron chi connectivity index (χ1n) is 6.39. The SMILES string of the molecule is CC(C)Cc1ccc(C2CCC(C)O2)cc1. The molecule has 0 N–H and O–H groups in total. The van der Waals surface area contributed by atoms with Crippen LogP contribution in [0.4, 0.5) is 0 Å². The van der Waals surface area contributed by atoms with Crippen molar-refractivity contribution in [1.82, 2.24) is 0 Å². The molecule has 0 saturated carbocycles. The first-order valence-corrected chi connectivity index (χ1v) is 6.39. The van der Waals surface area contributed by atoms with Gasteiger partial charge in [-0.15, -0.1) is 0 Å². The Balaban J connectivity index is 2.02. The highest BCUT2D eigenvalue weighted by atomic mass is 16.5. The maximum Gasteiger partial charge on any atom is 0.0829 e. The van der Waals surface area contributed by atoms with E-state index >= 15 is 0 Å². The third kappa shape index (κ3) is 2.85. The molecule has 2 rings (SSSR count). The van der Waals surface area contributed by atoms with Gasteiger partial charge in [-0.2, -0.15) is 0 Å². The molecular weight excluding hydrogens is 196 g/mol. The number of ether oxygens (including phenoxy) is 1. The summed E-state index contributed by atoms with van der Waals surface area (Å²) < 4.78 is 5.87. The molecule has 0 amide bonds. The maximum atomic E-state index is 5.87. The first-order chi connectivity index (χ1) is 7.65. The summed E-state index contributed by atoms with van der Waals surface area (Å²) in [5, 5.41) is 0. The molecule has 0 aliphatic carbocycles. The molecule has 0 radical (unpaired) electrons. The molecular formula is C15H22O. The third-order valence-corrected chi connectivity index (χ3v) is 3.23. The summed E-state index contributed by atoms with van der Waals surface area (Å²) >= 11 is 0. The fourth-order valence-corrected chi connectivity index (χ4v) is 2.39. The fraction of sp³-hybridized carbons (Fsp3) is 0.600. The normalized spacial score (nSPS) is 25.2. The van der Waals surface area contributed by atoms with Gasteiger partial charge in [0.2, 0.25) is 0 Å². The molecule has 1 fully saturated rings. The summed E-state index contributed by atoms with van der Waals surface area (Å²) in [7, 11) is 0. The molecule has 1 aliphatic heterocycles. The molecule has 1 saturated heterocycles. The third-order valence-electron chi connectivity index (χ3n) is 3.23. The molecule has 1 aliphatic rings. The van der Waals surface area contributed by atoms with Gasteiger partial charge in [0.05, 0.1) is 12.2 Å². The molecule has 16 heavy (non-hydrogen) atoms. The van der Waals surface area contributed by atoms with E-state index in [1.54, 1.807) is 0 Å². The highest BCUT2D eigenvalue weighted by Gasteiger charge is 2.22. The van der Waals surface area contributed by atoms with Gasteiger partial charge in [-0.05, 0) is 43.2 Å². The Morgan fingerprint density at radius 3 is 2.38 bits per heavy atom. The van der Waals surface area contributed by atoms with Gasteiger partial charge in [-0.25, -0.2) is 0 Å². The van der Waals surface area contributed by atoms with E-state index in [4.69, 9.17) is 4.74 Å². The minimum Gasteiger partial charge on any atom is -0.371 e. The van der Waals surface area contributed by atoms with E-state index in [-0.39, 0.29) is 0 Å². The number of rotatable bonds is 3. The quantitative estimate of drug-likeness (QED) is 0.741. The van der Waals surface area contributed by atoms with E-state index in [1.165, 1.54) is 30.4 Å². The summed E-state index contributed by atoms with van der Waals surface area (Å²) in [6.45, 7) is 6.68. The molecule has 1 heterocycles. The lowest BCUT2D eigenvalue weighted by Crippen LogP contribution is -2.01. The van der Waals surface area contributed by atoms with Crippen molar-refractivity contribution in [3.05, 3.63) is 35.4 Å². The van der Waals surface area contributed by atoms with Gasteiger partial charge in [0.25, 0.3) is 0 Å². The van der Waals surface area contributed by atoms with Crippen LogP contribution in [-0.2, 0) is 11.2 Å². The van der Waals surface area contributed by atoms with Gasteiger partial charge in [0, 0.05) is 0 Å². The lowest BCUT2D eigenvalue weighted by Gasteiger charge is -2.12. The van der Waals surface area contributed by atoms with Crippen LogP contribution < -0.4 is 0 Å². The van der Waals surface area contributed by atoms with Crippen LogP contribution in [0, 0.1) is 5.92 Å². The van der Waals surface area contributed by atoms with E-state index in [0.29, 0.717) is 12.2 Å². The average Bonchev–Trinajstić information content (AvgIpc) is 2.65. The second-order valence-corrected chi connectivity index (χ2v) is 5.35. The summed E-state index contributed by atoms with van der Waals surface area (Å²) in [5.74, 6) is 0.730. The number of hydrogen-bond acceptors (Lipinski definition) is 1. The highest BCUT2D eigenvalue weighted by Crippen LogP contribution is 2.32. The van der Waals surface area contributed by atoms with E-state index in [9.17, 15) is 0 Å². The Hall–Kier alpha value is -0.820. The maximum absolute atomic E-state index is 5.87. The van der Waals surface area contributed by atoms with Crippen molar-refractivity contribution in [3.8, 4) is 0 Å². The Morgan fingerprint density at radius 1 is 1.19 bits per heavy atom. The van der Waals surface area contributed by atoms with Crippen LogP contribution in [0.25, 0.3) is 0 Å². The van der Waals surface area contributed by atoms with E-state index in [1.807, 2.05) is 0 Å². The Kier molecular flexibility index (Phi) is 3.65. The number of hydrogen-bond donors (Lipinski definition) is 0. The van der Waals surface area contributed by atoms with Crippen molar-refractivity contribution in [2.45, 2.75) is 52.2 Å². The lowest BCUT2D eigenvalue weighted by molar-refractivity contribution is 0.0555. The summed E-state index contributed by atoms with van der Waals surface area (Å²) in [5.41, 5.74) is 2.78. The Labute approximate surface area is 98.8 Å². The highest BCUT2D eigenvalue weighted by molar-refractivity contribution is 5.25. The van der Waals surface area contributed by atoms with E-state index in [0.717, 1.165) is 5.92 Å². The standard InChI is InChI=1S/C15H22O/c1-11(2)10-13-5-7-14(8-6-13)15-9-4-12(3)16-15/h5-8,11-12,15H,4,9-10H2,1-3H3. The fourth-order valence-electron chi connectivity index (χ4n) is 2.39. The Morgan fingerprint density at radius 2 is 1.88 bits per heavy atom. The smallest absolute Gasteiger partial charge is 0.0829 e. The predicted molar refractivity (Wildman–Crippen MR) is 67.5 cm³/mol. The minimum absolute atomic E-state index is 0.336. The van der Waals surface area contributed by atoms with Crippen molar-refractivity contribution in [2.24, 2.45) is 5.92 Å². The second-order valence-electron chi connectivity index (χ2n) is 5.35. The van der Waals surface area contributed by atoms with Crippen LogP contribution in [-0.4, -0.2) is 6.10 Å². The largest absolute Gasteiger partial charge is 0.371 e. The van der Waals surface area contributed by atoms with Crippen molar-refractivity contribution in [1.29, 1.82) is 0 Å². The van der Waals surface area contributed by atoms with Gasteiger partial charge in [0.1, 0.15) is 0 Å². The molecule has 2 unspecified atom stereocenters. The topological polar surface area (TPSA) is 9.23 Å². The zero-order chi connectivity index (χ0) is 11.5. The molecule has 0 aromatic heterocycles. The number of benzene rings is 1. The van der Waals surface area contributed by atoms with E-state index < -0.39 is 0 Å². The van der Waals surface area contributed by atoms with Gasteiger partial charge >= 0.3 is 0 Å². The molecule has 1 nitrogen and oxygen atoms in total. The summed E-state index contributed by atoms with van der Waals surface area (Å²) in [6.07, 6.45) is 4.30. The molecule has 1 aromatic carbocycles. The van der Waals surface area contributed by atoms with Crippen molar-refractivity contribution in [2.75, 3.05) is 0 Å². The van der Waals surface area contributed by atoms with Crippen LogP contribution in [0.15, 0.2) is 24.3 Å². The predicted octanol–water partition coefficient (Wildman–Crippen LogP) is 4.13. The molecule has 0 bridgehead atoms. The second kappa shape index (κ2) is 5.01. The minimum atomic E-state index is 0.336. The zero-order valence-corrected chi connectivity index (χ0v) is 10.6. The summed E-state index contributed by atoms with van der Waals surface area (Å²) in [6, 6.07) is 8.98. The molecule has 1 aromatic rings. The van der Waals surface area contributed by atoms with Gasteiger partial charge in [-0.1, -0.05) is 38.1 Å². The Bertz CT molecular complexity index is 326. The summed E-state index contributed by atoms with van der Waals surface area (Å²) in [4.78, 5) is 0. The van der Waals surface area contributed by atoms with Crippen LogP contribution in [0.2, 0.25) is 0 Å². The average molecular weight is 218 g/mol. The zero-order valence-electron chi connectivity index (χ0n) is 10.6. The monoisotopic (exact) mass is 218 g/mol. The van der Waals surface area contributed by atoms with Crippen molar-refractivity contribution >= 4 is 0 Å². The van der Waals surface area contributed by atoms with Gasteiger partial charge in [0.15, 0.2) is 0 Å². The van der Waals surface area contributed by atoms with Gasteiger partial charge in [-0.3, -0.25) is 0 Å². The first kappa shape index (κ1) is 11.7. The van der Waals surface area contributed by atoms with Crippen LogP contribution in [0.5, 0.6) is 0 Å². The van der Waals surface area contributed by atoms with E-state index in [2.05, 4.69) is 45.0 Å². The van der Waals surface area contributed by atoms with Crippen LogP contribution in [0.1, 0.15) is 50.8 Å². The molecule has 1 heteroatoms. The van der Waals surface area contributed by atoms with Crippen molar-refractivity contribution < 1.29 is 4.74 Å².